The molecule has 0 aliphatic rings. The van der Waals surface area contributed by atoms with Crippen LogP contribution in [0.25, 0.3) is 0 Å². The quantitative estimate of drug-likeness (QED) is 0.400. The average Bonchev–Trinajstić information content (AvgIpc) is 2.11. The maximum absolute atomic E-state index is 3.67. The molecule has 0 N–H and O–H groups in total. The van der Waals surface area contributed by atoms with E-state index in [1.54, 1.807) is 0 Å². The molecule has 0 saturated heterocycles. The van der Waals surface area contributed by atoms with E-state index >= 15 is 0 Å². The van der Waals surface area contributed by atoms with Gasteiger partial charge in [-0.15, -0.1) is 4.55 Å². The Hall–Kier alpha value is 1.25. The largest absolute Gasteiger partial charge is 0.469 e. The molecule has 0 bridgehead atoms. The Morgan fingerprint density at radius 1 is 1.00 bits per heavy atom. The predicted molar refractivity (Wildman–Crippen MR) is 71.3 cm³/mol. The minimum absolute atomic E-state index is 0.0747. The van der Waals surface area contributed by atoms with Gasteiger partial charge in [-0.05, 0) is 0 Å². The fraction of sp³-hybridized carbons (Fsp3) is 1.00. The molecule has 0 aromatic heterocycles. The molecule has 2 heteroatoms. The first-order chi connectivity index (χ1) is 6.62. The van der Waals surface area contributed by atoms with Crippen LogP contribution in [0.2, 0.25) is 4.55 Å². The first kappa shape index (κ1) is 15.2. The van der Waals surface area contributed by atoms with Crippen molar-refractivity contribution >= 4 is 31.1 Å². The topological polar surface area (TPSA) is 0 Å². The van der Waals surface area contributed by atoms with Crippen molar-refractivity contribution in [3.05, 3.63) is 0 Å². The smallest absolute Gasteiger partial charge is 0.307 e. The highest BCUT2D eigenvalue weighted by molar-refractivity contribution is 9.23. The summed E-state index contributed by atoms with van der Waals surface area (Å²) in [5.74, 6) is 0. The van der Waals surface area contributed by atoms with Crippen molar-refractivity contribution in [1.29, 1.82) is 0 Å². The average molecular weight is 274 g/mol. The minimum atomic E-state index is 0.0747. The summed E-state index contributed by atoms with van der Waals surface area (Å²) in [5.41, 5.74) is 0.612. The minimum Gasteiger partial charge on any atom is -0.307 e. The van der Waals surface area contributed by atoms with Crippen LogP contribution >= 0.6 is 12.9 Å². The lowest BCUT2D eigenvalue weighted by Gasteiger charge is -2.23. The van der Waals surface area contributed by atoms with E-state index < -0.39 is 0 Å². The summed E-state index contributed by atoms with van der Waals surface area (Å²) in [5, 5.41) is 0. The molecule has 0 heterocycles. The molecule has 0 spiro atoms. The van der Waals surface area contributed by atoms with E-state index in [2.05, 4.69) is 33.7 Å². The molecule has 82 valence electrons. The van der Waals surface area contributed by atoms with Gasteiger partial charge in [0, 0.05) is 0 Å². The van der Waals surface area contributed by atoms with Crippen LogP contribution < -0.4 is 0 Å². The molecule has 0 fully saturated rings. The van der Waals surface area contributed by atoms with Gasteiger partial charge in [0.1, 0.15) is 0 Å². The number of hydrogen-bond donors (Lipinski definition) is 0. The van der Waals surface area contributed by atoms with Crippen LogP contribution in [0.1, 0.15) is 65.7 Å². The summed E-state index contributed by atoms with van der Waals surface area (Å²) in [4.78, 5) is 0. The Morgan fingerprint density at radius 2 is 1.57 bits per heavy atom. The second kappa shape index (κ2) is 9.47. The molecule has 14 heavy (non-hydrogen) atoms. The number of unbranched alkanes of at least 4 members (excludes halogenated alkanes) is 5. The van der Waals surface area contributed by atoms with Crippen molar-refractivity contribution < 1.29 is 0 Å². The monoisotopic (exact) mass is 272 g/mol. The highest BCUT2D eigenvalue weighted by Crippen LogP contribution is 2.28. The van der Waals surface area contributed by atoms with Gasteiger partial charge in [0.2, 0.25) is 0 Å². The Bertz CT molecular complexity index is 123. The molecule has 0 radical (unpaired) electrons. The van der Waals surface area contributed by atoms with Crippen molar-refractivity contribution in [3.63, 3.8) is 0 Å². The molecular weight excluding hydrogens is 248 g/mol. The van der Waals surface area contributed by atoms with Crippen molar-refractivity contribution in [3.8, 4) is 0 Å². The van der Waals surface area contributed by atoms with Crippen LogP contribution in [0.4, 0.5) is 0 Å². The van der Waals surface area contributed by atoms with E-state index in [0.717, 1.165) is 0 Å². The van der Waals surface area contributed by atoms with Crippen molar-refractivity contribution in [2.45, 2.75) is 70.3 Å². The lowest BCUT2D eigenvalue weighted by Crippen LogP contribution is -2.11. The summed E-state index contributed by atoms with van der Waals surface area (Å²) in [6.45, 7) is 7.13. The fourth-order valence-electron chi connectivity index (χ4n) is 1.76. The molecule has 0 aliphatic heterocycles. The van der Waals surface area contributed by atoms with E-state index in [-0.39, 0.29) is 18.2 Å². The van der Waals surface area contributed by atoms with Crippen LogP contribution in [0.5, 0.6) is 0 Å². The van der Waals surface area contributed by atoms with Gasteiger partial charge in [-0.2, -0.15) is 0 Å². The number of halogens is 1. The van der Waals surface area contributed by atoms with Gasteiger partial charge in [0.15, 0.2) is 0 Å². The van der Waals surface area contributed by atoms with Crippen molar-refractivity contribution in [2.75, 3.05) is 0 Å². The second-order valence-corrected chi connectivity index (χ2v) is 8.38. The van der Waals surface area contributed by atoms with E-state index in [1.807, 2.05) is 0 Å². The zero-order chi connectivity index (χ0) is 10.9. The summed E-state index contributed by atoms with van der Waals surface area (Å²) in [6.07, 6.45) is 10.0. The van der Waals surface area contributed by atoms with E-state index in [4.69, 9.17) is 0 Å². The Balaban J connectivity index is 3.26. The van der Waals surface area contributed by atoms with Crippen LogP contribution in [-0.2, 0) is 0 Å². The zero-order valence-corrected chi connectivity index (χ0v) is 13.2. The molecule has 0 unspecified atom stereocenters. The Morgan fingerprint density at radius 3 is 2.14 bits per heavy atom. The normalized spacial score (nSPS) is 11.4. The standard InChI is InChI=1S/C12H25.BrH.Mg/c1-5-6-7-8-9-10-11-12(2,3)4;;/h2,5-11H2,1,3-4H3;1H;/q;;+1/p-1. The van der Waals surface area contributed by atoms with E-state index in [9.17, 15) is 0 Å². The third kappa shape index (κ3) is 9.79. The molecule has 0 aromatic carbocycles. The highest BCUT2D eigenvalue weighted by atomic mass is 79.9. The summed E-state index contributed by atoms with van der Waals surface area (Å²) < 4.78 is 1.45. The molecule has 0 amide bonds. The summed E-state index contributed by atoms with van der Waals surface area (Å²) >= 11 is 3.74. The summed E-state index contributed by atoms with van der Waals surface area (Å²) in [6, 6.07) is 0. The summed E-state index contributed by atoms with van der Waals surface area (Å²) in [7, 11) is 0. The molecular formula is C12H25BrMg. The van der Waals surface area contributed by atoms with Gasteiger partial charge < -0.3 is 12.9 Å². The van der Waals surface area contributed by atoms with Gasteiger partial charge >= 0.3 is 18.2 Å². The Labute approximate surface area is 106 Å². The first-order valence-corrected chi connectivity index (χ1v) is 11.1. The molecule has 0 aliphatic carbocycles. The van der Waals surface area contributed by atoms with Crippen LogP contribution in [0.15, 0.2) is 0 Å². The first-order valence-electron chi connectivity index (χ1n) is 6.18. The third-order valence-corrected chi connectivity index (χ3v) is 5.71. The van der Waals surface area contributed by atoms with Gasteiger partial charge in [-0.25, -0.2) is 0 Å². The van der Waals surface area contributed by atoms with Crippen LogP contribution in [0.3, 0.4) is 0 Å². The maximum atomic E-state index is 3.67. The van der Waals surface area contributed by atoms with E-state index in [1.165, 1.54) is 49.5 Å². The van der Waals surface area contributed by atoms with Crippen LogP contribution in [0, 0.1) is 5.41 Å². The van der Waals surface area contributed by atoms with Gasteiger partial charge in [-0.1, -0.05) is 71.1 Å². The lowest BCUT2D eigenvalue weighted by molar-refractivity contribution is 0.356. The molecule has 0 saturated carbocycles. The van der Waals surface area contributed by atoms with Crippen LogP contribution in [-0.4, -0.2) is 18.2 Å². The Kier molecular flexibility index (Phi) is 10.3. The molecule has 0 atom stereocenters. The van der Waals surface area contributed by atoms with Gasteiger partial charge in [0.05, 0.1) is 0 Å². The molecule has 0 aromatic rings. The molecule has 0 nitrogen and oxygen atoms in total. The van der Waals surface area contributed by atoms with Crippen molar-refractivity contribution in [2.24, 2.45) is 5.41 Å². The lowest BCUT2D eigenvalue weighted by atomic mass is 9.89. The maximum Gasteiger partial charge on any atom is 0.469 e. The van der Waals surface area contributed by atoms with Gasteiger partial charge in [0.25, 0.3) is 0 Å². The van der Waals surface area contributed by atoms with Crippen molar-refractivity contribution in [1.82, 2.24) is 0 Å². The third-order valence-electron chi connectivity index (χ3n) is 2.98. The highest BCUT2D eigenvalue weighted by Gasteiger charge is 2.16. The molecule has 0 rings (SSSR count). The van der Waals surface area contributed by atoms with Gasteiger partial charge in [-0.3, -0.25) is 0 Å². The fourth-order valence-corrected chi connectivity index (χ4v) is 5.75. The number of rotatable bonds is 9. The number of hydrogen-bond acceptors (Lipinski definition) is 0. The SMILES string of the molecule is CCCCCCCCC(C)(C)[CH2][Mg][Br]. The second-order valence-electron chi connectivity index (χ2n) is 5.12. The van der Waals surface area contributed by atoms with E-state index in [0.29, 0.717) is 5.41 Å². The zero-order valence-electron chi connectivity index (χ0n) is 10.2. The predicted octanol–water partition coefficient (Wildman–Crippen LogP) is 5.20.